The summed E-state index contributed by atoms with van der Waals surface area (Å²) in [6.45, 7) is 4.48. The number of carbonyl (C=O) groups excluding carboxylic acids is 1. The van der Waals surface area contributed by atoms with Gasteiger partial charge >= 0.3 is 0 Å². The second kappa shape index (κ2) is 6.17. The van der Waals surface area contributed by atoms with E-state index in [1.807, 2.05) is 38.1 Å². The van der Waals surface area contributed by atoms with Gasteiger partial charge in [0.15, 0.2) is 0 Å². The van der Waals surface area contributed by atoms with Gasteiger partial charge in [-0.1, -0.05) is 48.0 Å². The Morgan fingerprint density at radius 2 is 2.00 bits per heavy atom. The Kier molecular flexibility index (Phi) is 5.15. The number of hydrogen-bond donors (Lipinski definition) is 1. The van der Waals surface area contributed by atoms with Crippen molar-refractivity contribution in [3.63, 3.8) is 0 Å². The highest BCUT2D eigenvalue weighted by molar-refractivity contribution is 9.10. The van der Waals surface area contributed by atoms with Crippen LogP contribution in [0.5, 0.6) is 0 Å². The van der Waals surface area contributed by atoms with E-state index < -0.39 is 6.04 Å². The standard InChI is InChI=1S/C13H19BrN2O/c1-9(2)12(15)13(17)16(3)8-10-6-4-5-7-11(10)14/h4-7,9,12H,8,15H2,1-3H3/t12-/m1/s1. The van der Waals surface area contributed by atoms with E-state index in [1.54, 1.807) is 11.9 Å². The SMILES string of the molecule is CC(C)[C@@H](N)C(=O)N(C)Cc1ccccc1Br. The molecule has 17 heavy (non-hydrogen) atoms. The lowest BCUT2D eigenvalue weighted by atomic mass is 10.0. The predicted octanol–water partition coefficient (Wildman–Crippen LogP) is 2.39. The first-order valence-electron chi connectivity index (χ1n) is 5.67. The van der Waals surface area contributed by atoms with Gasteiger partial charge in [0.1, 0.15) is 0 Å². The molecule has 1 aromatic carbocycles. The number of benzene rings is 1. The number of likely N-dealkylation sites (N-methyl/N-ethyl adjacent to an activating group) is 1. The van der Waals surface area contributed by atoms with Crippen molar-refractivity contribution in [2.24, 2.45) is 11.7 Å². The molecule has 4 heteroatoms. The van der Waals surface area contributed by atoms with Crippen molar-refractivity contribution < 1.29 is 4.79 Å². The van der Waals surface area contributed by atoms with E-state index in [2.05, 4.69) is 15.9 Å². The van der Waals surface area contributed by atoms with E-state index in [0.29, 0.717) is 6.54 Å². The first kappa shape index (κ1) is 14.2. The van der Waals surface area contributed by atoms with Crippen LogP contribution in [0.1, 0.15) is 19.4 Å². The number of rotatable bonds is 4. The number of carbonyl (C=O) groups is 1. The van der Waals surface area contributed by atoms with Crippen LogP contribution in [-0.2, 0) is 11.3 Å². The van der Waals surface area contributed by atoms with E-state index >= 15 is 0 Å². The normalized spacial score (nSPS) is 12.6. The maximum Gasteiger partial charge on any atom is 0.239 e. The third-order valence-electron chi connectivity index (χ3n) is 2.74. The first-order valence-corrected chi connectivity index (χ1v) is 6.46. The molecule has 0 heterocycles. The molecule has 0 unspecified atom stereocenters. The van der Waals surface area contributed by atoms with Crippen LogP contribution in [0, 0.1) is 5.92 Å². The van der Waals surface area contributed by atoms with Crippen LogP contribution >= 0.6 is 15.9 Å². The zero-order valence-corrected chi connectivity index (χ0v) is 12.1. The number of amides is 1. The third kappa shape index (κ3) is 3.82. The maximum absolute atomic E-state index is 12.0. The van der Waals surface area contributed by atoms with Crippen LogP contribution in [0.2, 0.25) is 0 Å². The molecule has 3 nitrogen and oxygen atoms in total. The van der Waals surface area contributed by atoms with Gasteiger partial charge < -0.3 is 10.6 Å². The average Bonchev–Trinajstić information content (AvgIpc) is 2.30. The molecule has 1 aromatic rings. The molecule has 0 spiro atoms. The van der Waals surface area contributed by atoms with E-state index in [-0.39, 0.29) is 11.8 Å². The number of halogens is 1. The summed E-state index contributed by atoms with van der Waals surface area (Å²) in [6, 6.07) is 7.45. The molecule has 0 aliphatic heterocycles. The minimum atomic E-state index is -0.428. The second-order valence-electron chi connectivity index (χ2n) is 4.56. The molecule has 1 atom stereocenters. The molecule has 1 rings (SSSR count). The summed E-state index contributed by atoms with van der Waals surface area (Å²) in [5, 5.41) is 0. The number of nitrogens with zero attached hydrogens (tertiary/aromatic N) is 1. The van der Waals surface area contributed by atoms with E-state index in [0.717, 1.165) is 10.0 Å². The van der Waals surface area contributed by atoms with Crippen molar-refractivity contribution in [3.05, 3.63) is 34.3 Å². The molecule has 0 bridgehead atoms. The fraction of sp³-hybridized carbons (Fsp3) is 0.462. The molecule has 0 aliphatic rings. The highest BCUT2D eigenvalue weighted by atomic mass is 79.9. The highest BCUT2D eigenvalue weighted by Crippen LogP contribution is 2.17. The largest absolute Gasteiger partial charge is 0.340 e. The van der Waals surface area contributed by atoms with Gasteiger partial charge in [0.2, 0.25) is 5.91 Å². The second-order valence-corrected chi connectivity index (χ2v) is 5.41. The van der Waals surface area contributed by atoms with Gasteiger partial charge in [0.25, 0.3) is 0 Å². The highest BCUT2D eigenvalue weighted by Gasteiger charge is 2.21. The van der Waals surface area contributed by atoms with Crippen LogP contribution in [-0.4, -0.2) is 23.9 Å². The summed E-state index contributed by atoms with van der Waals surface area (Å²) in [5.74, 6) is 0.139. The molecule has 0 fully saturated rings. The maximum atomic E-state index is 12.0. The zero-order valence-electron chi connectivity index (χ0n) is 10.5. The van der Waals surface area contributed by atoms with Crippen molar-refractivity contribution in [1.29, 1.82) is 0 Å². The molecule has 2 N–H and O–H groups in total. The fourth-order valence-electron chi connectivity index (χ4n) is 1.50. The molecule has 0 saturated carbocycles. The summed E-state index contributed by atoms with van der Waals surface area (Å²) in [7, 11) is 1.78. The van der Waals surface area contributed by atoms with Crippen molar-refractivity contribution in [2.75, 3.05) is 7.05 Å². The fourth-order valence-corrected chi connectivity index (χ4v) is 1.91. The topological polar surface area (TPSA) is 46.3 Å². The van der Waals surface area contributed by atoms with Crippen molar-refractivity contribution in [1.82, 2.24) is 4.90 Å². The van der Waals surface area contributed by atoms with Crippen LogP contribution in [0.3, 0.4) is 0 Å². The Balaban J connectivity index is 2.70. The van der Waals surface area contributed by atoms with Crippen LogP contribution in [0.4, 0.5) is 0 Å². The van der Waals surface area contributed by atoms with Gasteiger partial charge in [0.05, 0.1) is 6.04 Å². The summed E-state index contributed by atoms with van der Waals surface area (Å²) >= 11 is 3.47. The van der Waals surface area contributed by atoms with Crippen molar-refractivity contribution >= 4 is 21.8 Å². The van der Waals surface area contributed by atoms with E-state index in [4.69, 9.17) is 5.73 Å². The van der Waals surface area contributed by atoms with Crippen LogP contribution in [0.25, 0.3) is 0 Å². The van der Waals surface area contributed by atoms with Crippen LogP contribution in [0.15, 0.2) is 28.7 Å². The first-order chi connectivity index (χ1) is 7.93. The lowest BCUT2D eigenvalue weighted by molar-refractivity contribution is -0.132. The van der Waals surface area contributed by atoms with E-state index in [9.17, 15) is 4.79 Å². The zero-order chi connectivity index (χ0) is 13.0. The molecule has 1 amide bonds. The average molecular weight is 299 g/mol. The van der Waals surface area contributed by atoms with Crippen LogP contribution < -0.4 is 5.73 Å². The summed E-state index contributed by atoms with van der Waals surface area (Å²) < 4.78 is 1.01. The van der Waals surface area contributed by atoms with Gasteiger partial charge in [-0.25, -0.2) is 0 Å². The van der Waals surface area contributed by atoms with Gasteiger partial charge in [-0.05, 0) is 17.5 Å². The minimum Gasteiger partial charge on any atom is -0.340 e. The molecule has 0 radical (unpaired) electrons. The van der Waals surface area contributed by atoms with Gasteiger partial charge in [-0.2, -0.15) is 0 Å². The Bertz CT molecular complexity index is 393. The third-order valence-corrected chi connectivity index (χ3v) is 3.52. The Labute approximate surface area is 111 Å². The molecular formula is C13H19BrN2O. The lowest BCUT2D eigenvalue weighted by Gasteiger charge is -2.23. The molecule has 94 valence electrons. The summed E-state index contributed by atoms with van der Waals surface area (Å²) in [4.78, 5) is 13.7. The number of hydrogen-bond acceptors (Lipinski definition) is 2. The number of nitrogens with two attached hydrogens (primary N) is 1. The minimum absolute atomic E-state index is 0.0178. The lowest BCUT2D eigenvalue weighted by Crippen LogP contribution is -2.44. The Morgan fingerprint density at radius 1 is 1.41 bits per heavy atom. The molecular weight excluding hydrogens is 280 g/mol. The smallest absolute Gasteiger partial charge is 0.239 e. The Hall–Kier alpha value is -0.870. The van der Waals surface area contributed by atoms with Gasteiger partial charge in [-0.3, -0.25) is 4.79 Å². The van der Waals surface area contributed by atoms with Crippen molar-refractivity contribution in [2.45, 2.75) is 26.4 Å². The molecule has 0 saturated heterocycles. The Morgan fingerprint density at radius 3 is 2.53 bits per heavy atom. The monoisotopic (exact) mass is 298 g/mol. The summed E-state index contributed by atoms with van der Waals surface area (Å²) in [6.07, 6.45) is 0. The van der Waals surface area contributed by atoms with Gasteiger partial charge in [-0.15, -0.1) is 0 Å². The predicted molar refractivity (Wildman–Crippen MR) is 73.4 cm³/mol. The quantitative estimate of drug-likeness (QED) is 0.928. The molecule has 0 aliphatic carbocycles. The molecule has 0 aromatic heterocycles. The summed E-state index contributed by atoms with van der Waals surface area (Å²) in [5.41, 5.74) is 6.93. The van der Waals surface area contributed by atoms with E-state index in [1.165, 1.54) is 0 Å². The van der Waals surface area contributed by atoms with Crippen molar-refractivity contribution in [3.8, 4) is 0 Å². The van der Waals surface area contributed by atoms with Gasteiger partial charge in [0, 0.05) is 18.1 Å².